The molecule has 1 fully saturated rings. The molecule has 3 heteroatoms. The van der Waals surface area contributed by atoms with Crippen molar-refractivity contribution in [3.05, 3.63) is 24.2 Å². The quantitative estimate of drug-likeness (QED) is 0.833. The zero-order valence-corrected chi connectivity index (χ0v) is 9.95. The lowest BCUT2D eigenvalue weighted by atomic mass is 10.1. The van der Waals surface area contributed by atoms with Gasteiger partial charge in [0.15, 0.2) is 0 Å². The van der Waals surface area contributed by atoms with Gasteiger partial charge in [0.1, 0.15) is 0 Å². The molecular weight excluding hydrogens is 202 g/mol. The maximum Gasteiger partial charge on any atom is 0.0950 e. The van der Waals surface area contributed by atoms with Gasteiger partial charge in [-0.3, -0.25) is 0 Å². The van der Waals surface area contributed by atoms with Crippen LogP contribution in [0.1, 0.15) is 44.2 Å². The Balaban J connectivity index is 1.63. The summed E-state index contributed by atoms with van der Waals surface area (Å²) in [6, 6.07) is 2.37. The van der Waals surface area contributed by atoms with Gasteiger partial charge in [0.2, 0.25) is 0 Å². The van der Waals surface area contributed by atoms with Crippen LogP contribution in [-0.4, -0.2) is 19.3 Å². The van der Waals surface area contributed by atoms with Crippen LogP contribution in [0, 0.1) is 0 Å². The smallest absolute Gasteiger partial charge is 0.0950 e. The molecule has 0 saturated carbocycles. The summed E-state index contributed by atoms with van der Waals surface area (Å²) in [5.41, 5.74) is 1.21. The van der Waals surface area contributed by atoms with E-state index in [2.05, 4.69) is 12.2 Å². The molecule has 0 amide bonds. The number of nitrogens with one attached hydrogen (secondary N) is 1. The first-order valence-electron chi connectivity index (χ1n) is 6.23. The Morgan fingerprint density at radius 1 is 1.50 bits per heavy atom. The number of ether oxygens (including phenoxy) is 1. The van der Waals surface area contributed by atoms with Crippen LogP contribution < -0.4 is 5.32 Å². The van der Waals surface area contributed by atoms with E-state index in [1.54, 1.807) is 12.5 Å². The highest BCUT2D eigenvalue weighted by Crippen LogP contribution is 2.16. The lowest BCUT2D eigenvalue weighted by molar-refractivity contribution is 0.0112. The molecule has 0 radical (unpaired) electrons. The van der Waals surface area contributed by atoms with E-state index < -0.39 is 0 Å². The largest absolute Gasteiger partial charge is 0.472 e. The predicted octanol–water partition coefficient (Wildman–Crippen LogP) is 2.89. The Morgan fingerprint density at radius 2 is 2.44 bits per heavy atom. The van der Waals surface area contributed by atoms with Crippen LogP contribution in [0.3, 0.4) is 0 Å². The summed E-state index contributed by atoms with van der Waals surface area (Å²) in [5.74, 6) is 0. The molecular formula is C13H21NO2. The van der Waals surface area contributed by atoms with Crippen molar-refractivity contribution < 1.29 is 9.15 Å². The minimum Gasteiger partial charge on any atom is -0.472 e. The molecule has 2 atom stereocenters. The van der Waals surface area contributed by atoms with Crippen LogP contribution in [0.2, 0.25) is 0 Å². The molecule has 1 aliphatic heterocycles. The Labute approximate surface area is 97.2 Å². The van der Waals surface area contributed by atoms with E-state index in [-0.39, 0.29) is 0 Å². The van der Waals surface area contributed by atoms with E-state index in [4.69, 9.17) is 9.15 Å². The molecule has 2 unspecified atom stereocenters. The van der Waals surface area contributed by atoms with E-state index in [1.165, 1.54) is 24.8 Å². The second kappa shape index (κ2) is 6.06. The van der Waals surface area contributed by atoms with Gasteiger partial charge in [0, 0.05) is 18.2 Å². The van der Waals surface area contributed by atoms with E-state index in [9.17, 15) is 0 Å². The van der Waals surface area contributed by atoms with Gasteiger partial charge in [-0.25, -0.2) is 0 Å². The van der Waals surface area contributed by atoms with Gasteiger partial charge in [-0.05, 0) is 45.2 Å². The van der Waals surface area contributed by atoms with Gasteiger partial charge in [0.25, 0.3) is 0 Å². The van der Waals surface area contributed by atoms with Crippen molar-refractivity contribution in [2.75, 3.05) is 13.2 Å². The number of rotatable bonds is 5. The molecule has 2 rings (SSSR count). The molecule has 0 bridgehead atoms. The van der Waals surface area contributed by atoms with E-state index >= 15 is 0 Å². The molecule has 1 aromatic rings. The molecule has 1 saturated heterocycles. The fraction of sp³-hybridized carbons (Fsp3) is 0.692. The molecule has 0 aromatic carbocycles. The minimum atomic E-state index is 0.363. The maximum atomic E-state index is 5.69. The fourth-order valence-corrected chi connectivity index (χ4v) is 2.14. The zero-order chi connectivity index (χ0) is 11.2. The Bertz CT molecular complexity index is 278. The van der Waals surface area contributed by atoms with Crippen molar-refractivity contribution in [1.82, 2.24) is 5.32 Å². The normalized spacial score (nSPS) is 23.2. The Hall–Kier alpha value is -0.800. The van der Waals surface area contributed by atoms with Crippen LogP contribution in [0.25, 0.3) is 0 Å². The highest BCUT2D eigenvalue weighted by atomic mass is 16.5. The van der Waals surface area contributed by atoms with Crippen molar-refractivity contribution in [2.24, 2.45) is 0 Å². The fourth-order valence-electron chi connectivity index (χ4n) is 2.14. The summed E-state index contributed by atoms with van der Waals surface area (Å²) >= 11 is 0. The van der Waals surface area contributed by atoms with Crippen molar-refractivity contribution >= 4 is 0 Å². The average molecular weight is 223 g/mol. The lowest BCUT2D eigenvalue weighted by Gasteiger charge is -2.23. The third-order valence-electron chi connectivity index (χ3n) is 3.23. The van der Waals surface area contributed by atoms with Gasteiger partial charge < -0.3 is 14.5 Å². The van der Waals surface area contributed by atoms with Crippen LogP contribution in [0.4, 0.5) is 0 Å². The van der Waals surface area contributed by atoms with Gasteiger partial charge in [-0.15, -0.1) is 0 Å². The first-order chi connectivity index (χ1) is 7.86. The van der Waals surface area contributed by atoms with E-state index in [1.807, 2.05) is 6.07 Å². The van der Waals surface area contributed by atoms with Crippen molar-refractivity contribution in [3.63, 3.8) is 0 Å². The average Bonchev–Trinajstić information content (AvgIpc) is 2.84. The van der Waals surface area contributed by atoms with Crippen LogP contribution in [0.5, 0.6) is 0 Å². The predicted molar refractivity (Wildman–Crippen MR) is 63.3 cm³/mol. The van der Waals surface area contributed by atoms with Crippen molar-refractivity contribution in [1.29, 1.82) is 0 Å². The Kier molecular flexibility index (Phi) is 4.43. The highest BCUT2D eigenvalue weighted by Gasteiger charge is 2.14. The summed E-state index contributed by atoms with van der Waals surface area (Å²) in [6.45, 7) is 4.12. The summed E-state index contributed by atoms with van der Waals surface area (Å²) in [7, 11) is 0. The van der Waals surface area contributed by atoms with Gasteiger partial charge in [-0.2, -0.15) is 0 Å². The standard InChI is InChI=1S/C13H21NO2/c1-11(12-6-9-15-10-12)14-7-5-13-4-2-3-8-16-13/h6,9-11,13-14H,2-5,7-8H2,1H3. The van der Waals surface area contributed by atoms with Crippen LogP contribution in [-0.2, 0) is 4.74 Å². The summed E-state index contributed by atoms with van der Waals surface area (Å²) in [4.78, 5) is 0. The molecule has 3 nitrogen and oxygen atoms in total. The molecule has 1 aromatic heterocycles. The molecule has 2 heterocycles. The molecule has 90 valence electrons. The van der Waals surface area contributed by atoms with Gasteiger partial charge >= 0.3 is 0 Å². The van der Waals surface area contributed by atoms with E-state index in [0.717, 1.165) is 19.6 Å². The summed E-state index contributed by atoms with van der Waals surface area (Å²) < 4.78 is 10.8. The minimum absolute atomic E-state index is 0.363. The monoisotopic (exact) mass is 223 g/mol. The topological polar surface area (TPSA) is 34.4 Å². The molecule has 1 N–H and O–H groups in total. The SMILES string of the molecule is CC(NCCC1CCCCO1)c1ccoc1. The molecule has 0 aliphatic carbocycles. The Morgan fingerprint density at radius 3 is 3.12 bits per heavy atom. The summed E-state index contributed by atoms with van der Waals surface area (Å²) in [5, 5.41) is 3.49. The summed E-state index contributed by atoms with van der Waals surface area (Å²) in [6.07, 6.45) is 8.88. The number of hydrogen-bond acceptors (Lipinski definition) is 3. The second-order valence-electron chi connectivity index (χ2n) is 4.51. The lowest BCUT2D eigenvalue weighted by Crippen LogP contribution is -2.26. The van der Waals surface area contributed by atoms with Crippen LogP contribution in [0.15, 0.2) is 23.0 Å². The van der Waals surface area contributed by atoms with Gasteiger partial charge in [-0.1, -0.05) is 0 Å². The molecule has 1 aliphatic rings. The molecule has 0 spiro atoms. The van der Waals surface area contributed by atoms with Crippen molar-refractivity contribution in [2.45, 2.75) is 44.8 Å². The molecule has 16 heavy (non-hydrogen) atoms. The zero-order valence-electron chi connectivity index (χ0n) is 9.95. The van der Waals surface area contributed by atoms with Gasteiger partial charge in [0.05, 0.1) is 18.6 Å². The van der Waals surface area contributed by atoms with Crippen LogP contribution >= 0.6 is 0 Å². The first kappa shape index (κ1) is 11.7. The highest BCUT2D eigenvalue weighted by molar-refractivity contribution is 5.10. The van der Waals surface area contributed by atoms with E-state index in [0.29, 0.717) is 12.1 Å². The number of furan rings is 1. The maximum absolute atomic E-state index is 5.69. The number of hydrogen-bond donors (Lipinski definition) is 1. The second-order valence-corrected chi connectivity index (χ2v) is 4.51. The first-order valence-corrected chi connectivity index (χ1v) is 6.23. The third kappa shape index (κ3) is 3.35. The van der Waals surface area contributed by atoms with Crippen molar-refractivity contribution in [3.8, 4) is 0 Å². The third-order valence-corrected chi connectivity index (χ3v) is 3.23.